The average Bonchev–Trinajstić information content (AvgIpc) is 2.27. The van der Waals surface area contributed by atoms with Crippen molar-refractivity contribution in [2.45, 2.75) is 25.8 Å². The third kappa shape index (κ3) is 2.85. The lowest BCUT2D eigenvalue weighted by atomic mass is 10.0. The Morgan fingerprint density at radius 3 is 2.93 bits per heavy atom. The fourth-order valence-electron chi connectivity index (χ4n) is 1.54. The van der Waals surface area contributed by atoms with Gasteiger partial charge in [0, 0.05) is 25.6 Å². The van der Waals surface area contributed by atoms with Gasteiger partial charge in [0.2, 0.25) is 5.91 Å². The van der Waals surface area contributed by atoms with Crippen molar-refractivity contribution in [3.63, 3.8) is 0 Å². The maximum absolute atomic E-state index is 11.9. The highest BCUT2D eigenvalue weighted by molar-refractivity contribution is 6.18. The molecule has 0 radical (unpaired) electrons. The number of carbonyl (C=O) groups is 1. The molecule has 0 N–H and O–H groups in total. The first kappa shape index (κ1) is 11.8. The topological polar surface area (TPSA) is 29.5 Å². The summed E-state index contributed by atoms with van der Waals surface area (Å²) >= 11 is 5.70. The Bertz CT molecular complexity index is 189. The highest BCUT2D eigenvalue weighted by Crippen LogP contribution is 2.17. The first-order valence-corrected chi connectivity index (χ1v) is 5.60. The molecule has 1 amide bonds. The number of rotatable bonds is 3. The fraction of sp³-hybridized carbons (Fsp3) is 0.900. The molecule has 1 fully saturated rings. The Labute approximate surface area is 90.4 Å². The van der Waals surface area contributed by atoms with E-state index in [-0.39, 0.29) is 17.9 Å². The predicted molar refractivity (Wildman–Crippen MR) is 56.5 cm³/mol. The minimum Gasteiger partial charge on any atom is -0.381 e. The van der Waals surface area contributed by atoms with Crippen molar-refractivity contribution >= 4 is 17.5 Å². The monoisotopic (exact) mass is 219 g/mol. The van der Waals surface area contributed by atoms with Gasteiger partial charge in [0.1, 0.15) is 0 Å². The van der Waals surface area contributed by atoms with Crippen LogP contribution in [0.15, 0.2) is 0 Å². The summed E-state index contributed by atoms with van der Waals surface area (Å²) in [4.78, 5) is 13.6. The van der Waals surface area contributed by atoms with E-state index in [0.29, 0.717) is 12.5 Å². The van der Waals surface area contributed by atoms with Gasteiger partial charge in [0.15, 0.2) is 0 Å². The molecule has 1 aliphatic heterocycles. The molecular weight excluding hydrogens is 202 g/mol. The SMILES string of the molecule is CC(CCl)N(C)C(=O)C1CCCOC1. The summed E-state index contributed by atoms with van der Waals surface area (Å²) < 4.78 is 5.29. The van der Waals surface area contributed by atoms with Crippen molar-refractivity contribution in [3.8, 4) is 0 Å². The van der Waals surface area contributed by atoms with Crippen molar-refractivity contribution in [1.29, 1.82) is 0 Å². The van der Waals surface area contributed by atoms with E-state index in [2.05, 4.69) is 0 Å². The first-order valence-electron chi connectivity index (χ1n) is 5.07. The molecule has 1 heterocycles. The third-order valence-corrected chi connectivity index (χ3v) is 3.19. The van der Waals surface area contributed by atoms with E-state index in [1.54, 1.807) is 4.90 Å². The summed E-state index contributed by atoms with van der Waals surface area (Å²) in [7, 11) is 1.81. The molecule has 3 nitrogen and oxygen atoms in total. The van der Waals surface area contributed by atoms with Crippen LogP contribution >= 0.6 is 11.6 Å². The summed E-state index contributed by atoms with van der Waals surface area (Å²) in [6, 6.07) is 0.103. The molecule has 2 unspecified atom stereocenters. The lowest BCUT2D eigenvalue weighted by Crippen LogP contribution is -2.42. The van der Waals surface area contributed by atoms with Gasteiger partial charge in [-0.05, 0) is 19.8 Å². The number of ether oxygens (including phenoxy) is 1. The smallest absolute Gasteiger partial charge is 0.228 e. The number of nitrogens with zero attached hydrogens (tertiary/aromatic N) is 1. The number of amides is 1. The van der Waals surface area contributed by atoms with Crippen molar-refractivity contribution in [2.75, 3.05) is 26.1 Å². The maximum atomic E-state index is 11.9. The summed E-state index contributed by atoms with van der Waals surface area (Å²) in [6.45, 7) is 3.31. The molecule has 4 heteroatoms. The molecule has 1 aliphatic rings. The Balaban J connectivity index is 2.46. The molecule has 0 saturated carbocycles. The third-order valence-electron chi connectivity index (χ3n) is 2.74. The normalized spacial score (nSPS) is 24.4. The van der Waals surface area contributed by atoms with Crippen molar-refractivity contribution in [3.05, 3.63) is 0 Å². The van der Waals surface area contributed by atoms with Gasteiger partial charge in [-0.15, -0.1) is 11.6 Å². The van der Waals surface area contributed by atoms with E-state index in [1.807, 2.05) is 14.0 Å². The molecule has 0 aliphatic carbocycles. The largest absolute Gasteiger partial charge is 0.381 e. The van der Waals surface area contributed by atoms with E-state index in [0.717, 1.165) is 19.4 Å². The Hall–Kier alpha value is -0.280. The molecule has 0 aromatic rings. The zero-order valence-corrected chi connectivity index (χ0v) is 9.59. The number of hydrogen-bond donors (Lipinski definition) is 0. The van der Waals surface area contributed by atoms with Crippen LogP contribution in [-0.4, -0.2) is 43.0 Å². The first-order chi connectivity index (χ1) is 6.66. The molecule has 0 bridgehead atoms. The fourth-order valence-corrected chi connectivity index (χ4v) is 1.75. The van der Waals surface area contributed by atoms with Crippen LogP contribution in [0.5, 0.6) is 0 Å². The predicted octanol–water partition coefficient (Wildman–Crippen LogP) is 1.50. The molecule has 0 spiro atoms. The molecule has 82 valence electrons. The number of hydrogen-bond acceptors (Lipinski definition) is 2. The van der Waals surface area contributed by atoms with Crippen LogP contribution in [0.2, 0.25) is 0 Å². The average molecular weight is 220 g/mol. The lowest BCUT2D eigenvalue weighted by molar-refractivity contribution is -0.139. The Morgan fingerprint density at radius 1 is 1.71 bits per heavy atom. The second-order valence-corrected chi connectivity index (χ2v) is 4.18. The molecule has 1 rings (SSSR count). The zero-order valence-electron chi connectivity index (χ0n) is 8.83. The molecule has 14 heavy (non-hydrogen) atoms. The van der Waals surface area contributed by atoms with E-state index < -0.39 is 0 Å². The highest BCUT2D eigenvalue weighted by atomic mass is 35.5. The van der Waals surface area contributed by atoms with Gasteiger partial charge in [-0.25, -0.2) is 0 Å². The summed E-state index contributed by atoms with van der Waals surface area (Å²) in [5.41, 5.74) is 0. The van der Waals surface area contributed by atoms with Crippen LogP contribution in [0.1, 0.15) is 19.8 Å². The Kier molecular flexibility index (Phi) is 4.69. The van der Waals surface area contributed by atoms with Crippen molar-refractivity contribution in [2.24, 2.45) is 5.92 Å². The van der Waals surface area contributed by atoms with E-state index >= 15 is 0 Å². The summed E-state index contributed by atoms with van der Waals surface area (Å²) in [6.07, 6.45) is 1.93. The van der Waals surface area contributed by atoms with Crippen LogP contribution in [0.25, 0.3) is 0 Å². The van der Waals surface area contributed by atoms with Crippen molar-refractivity contribution < 1.29 is 9.53 Å². The van der Waals surface area contributed by atoms with E-state index in [1.165, 1.54) is 0 Å². The van der Waals surface area contributed by atoms with E-state index in [4.69, 9.17) is 16.3 Å². The van der Waals surface area contributed by atoms with Crippen LogP contribution in [-0.2, 0) is 9.53 Å². The van der Waals surface area contributed by atoms with Crippen LogP contribution in [0.3, 0.4) is 0 Å². The highest BCUT2D eigenvalue weighted by Gasteiger charge is 2.26. The standard InChI is InChI=1S/C10H18ClNO2/c1-8(6-11)12(2)10(13)9-4-3-5-14-7-9/h8-9H,3-7H2,1-2H3. The molecule has 0 aromatic carbocycles. The van der Waals surface area contributed by atoms with Crippen LogP contribution in [0.4, 0.5) is 0 Å². The number of carbonyl (C=O) groups excluding carboxylic acids is 1. The molecule has 0 aromatic heterocycles. The van der Waals surface area contributed by atoms with Gasteiger partial charge in [-0.1, -0.05) is 0 Å². The van der Waals surface area contributed by atoms with Crippen LogP contribution < -0.4 is 0 Å². The van der Waals surface area contributed by atoms with Gasteiger partial charge >= 0.3 is 0 Å². The quantitative estimate of drug-likeness (QED) is 0.674. The second-order valence-electron chi connectivity index (χ2n) is 3.87. The van der Waals surface area contributed by atoms with Crippen LogP contribution in [0, 0.1) is 5.92 Å². The maximum Gasteiger partial charge on any atom is 0.228 e. The van der Waals surface area contributed by atoms with Gasteiger partial charge in [0.25, 0.3) is 0 Å². The van der Waals surface area contributed by atoms with Gasteiger partial charge in [0.05, 0.1) is 12.5 Å². The minimum atomic E-state index is 0.0411. The minimum absolute atomic E-state index is 0.0411. The van der Waals surface area contributed by atoms with Gasteiger partial charge in [-0.3, -0.25) is 4.79 Å². The number of alkyl halides is 1. The molecule has 1 saturated heterocycles. The molecular formula is C10H18ClNO2. The summed E-state index contributed by atoms with van der Waals surface area (Å²) in [5.74, 6) is 0.688. The number of halogens is 1. The lowest BCUT2D eigenvalue weighted by Gasteiger charge is -2.29. The molecule has 2 atom stereocenters. The van der Waals surface area contributed by atoms with E-state index in [9.17, 15) is 4.79 Å². The van der Waals surface area contributed by atoms with Gasteiger partial charge in [-0.2, -0.15) is 0 Å². The Morgan fingerprint density at radius 2 is 2.43 bits per heavy atom. The zero-order chi connectivity index (χ0) is 10.6. The second kappa shape index (κ2) is 5.56. The summed E-state index contributed by atoms with van der Waals surface area (Å²) in [5, 5.41) is 0. The van der Waals surface area contributed by atoms with Gasteiger partial charge < -0.3 is 9.64 Å². The van der Waals surface area contributed by atoms with Crippen molar-refractivity contribution in [1.82, 2.24) is 4.90 Å².